The molecule has 0 aromatic carbocycles. The zero-order valence-electron chi connectivity index (χ0n) is 9.37. The summed E-state index contributed by atoms with van der Waals surface area (Å²) in [5, 5.41) is 0. The van der Waals surface area contributed by atoms with Crippen LogP contribution in [0.15, 0.2) is 26.0 Å². The van der Waals surface area contributed by atoms with E-state index < -0.39 is 5.69 Å². The number of allylic oxidation sites excluding steroid dienone is 2. The van der Waals surface area contributed by atoms with Gasteiger partial charge in [-0.25, -0.2) is 9.78 Å². The van der Waals surface area contributed by atoms with Gasteiger partial charge in [-0.3, -0.25) is 14.3 Å². The highest BCUT2D eigenvalue weighted by Crippen LogP contribution is 2.07. The molecule has 0 saturated heterocycles. The monoisotopic (exact) mass is 298 g/mol. The van der Waals surface area contributed by atoms with Crippen LogP contribution in [0.25, 0.3) is 11.2 Å². The highest BCUT2D eigenvalue weighted by atomic mass is 79.9. The van der Waals surface area contributed by atoms with Crippen LogP contribution < -0.4 is 11.2 Å². The lowest BCUT2D eigenvalue weighted by Gasteiger charge is -2.00. The average Bonchev–Trinajstić information content (AvgIpc) is 2.58. The number of fused-ring (bicyclic) bond motifs is 1. The van der Waals surface area contributed by atoms with Gasteiger partial charge in [-0.2, -0.15) is 0 Å². The van der Waals surface area contributed by atoms with Crippen LogP contribution in [0.3, 0.4) is 0 Å². The fraction of sp³-hybridized carbons (Fsp3) is 0.300. The van der Waals surface area contributed by atoms with Crippen molar-refractivity contribution in [1.29, 1.82) is 0 Å². The summed E-state index contributed by atoms with van der Waals surface area (Å²) in [6.07, 6.45) is 1.81. The number of aromatic nitrogens is 4. The van der Waals surface area contributed by atoms with E-state index in [0.717, 1.165) is 10.1 Å². The molecule has 0 aliphatic heterocycles. The average molecular weight is 299 g/mol. The first-order valence-corrected chi connectivity index (χ1v) is 5.80. The lowest BCUT2D eigenvalue weighted by Crippen LogP contribution is -2.34. The molecule has 0 atom stereocenters. The summed E-state index contributed by atoms with van der Waals surface area (Å²) in [6, 6.07) is 0. The van der Waals surface area contributed by atoms with Gasteiger partial charge in [0, 0.05) is 6.54 Å². The Morgan fingerprint density at radius 2 is 2.12 bits per heavy atom. The molecule has 2 N–H and O–H groups in total. The largest absolute Gasteiger partial charge is 0.330 e. The van der Waals surface area contributed by atoms with Gasteiger partial charge >= 0.3 is 5.69 Å². The first kappa shape index (κ1) is 11.8. The van der Waals surface area contributed by atoms with Crippen LogP contribution in [0, 0.1) is 0 Å². The number of hydrogen-bond donors (Lipinski definition) is 2. The van der Waals surface area contributed by atoms with E-state index in [4.69, 9.17) is 0 Å². The Hall–Kier alpha value is -1.63. The Kier molecular flexibility index (Phi) is 3.01. The molecule has 90 valence electrons. The van der Waals surface area contributed by atoms with Crippen molar-refractivity contribution >= 4 is 27.1 Å². The van der Waals surface area contributed by atoms with Gasteiger partial charge in [0.05, 0.1) is 0 Å². The van der Waals surface area contributed by atoms with Crippen LogP contribution >= 0.6 is 15.9 Å². The number of imidazole rings is 1. The molecule has 0 radical (unpaired) electrons. The second-order valence-electron chi connectivity index (χ2n) is 3.88. The lowest BCUT2D eigenvalue weighted by molar-refractivity contribution is 0.722. The van der Waals surface area contributed by atoms with Crippen LogP contribution in [0.2, 0.25) is 0 Å². The quantitative estimate of drug-likeness (QED) is 0.644. The van der Waals surface area contributed by atoms with E-state index in [2.05, 4.69) is 30.9 Å². The summed E-state index contributed by atoms with van der Waals surface area (Å²) in [6.45, 7) is 4.07. The van der Waals surface area contributed by atoms with Crippen molar-refractivity contribution in [2.24, 2.45) is 0 Å². The first-order valence-electron chi connectivity index (χ1n) is 5.00. The van der Waals surface area contributed by atoms with Gasteiger partial charge in [0.25, 0.3) is 5.56 Å². The number of H-pyrrole nitrogens is 2. The standard InChI is InChI=1S/C10H11BrN4O2/c1-5(2)3-4-15-8(16)6-7(14-10(15)17)13-9(11)12-6/h3H,4H2,1-2H3,(H,12,13)(H,14,17). The fourth-order valence-corrected chi connectivity index (χ4v) is 1.80. The van der Waals surface area contributed by atoms with Gasteiger partial charge in [-0.15, -0.1) is 0 Å². The highest BCUT2D eigenvalue weighted by molar-refractivity contribution is 9.10. The zero-order valence-corrected chi connectivity index (χ0v) is 11.0. The predicted octanol–water partition coefficient (Wildman–Crippen LogP) is 1.14. The minimum atomic E-state index is -0.459. The number of nitrogens with one attached hydrogen (secondary N) is 2. The molecule has 2 aromatic heterocycles. The number of aromatic amines is 2. The molecule has 2 aromatic rings. The summed E-state index contributed by atoms with van der Waals surface area (Å²) >= 11 is 3.12. The third-order valence-electron chi connectivity index (χ3n) is 2.29. The second-order valence-corrected chi connectivity index (χ2v) is 4.63. The molecule has 0 fully saturated rings. The molecule has 0 spiro atoms. The molecule has 0 unspecified atom stereocenters. The van der Waals surface area contributed by atoms with E-state index in [-0.39, 0.29) is 17.8 Å². The minimum absolute atomic E-state index is 0.253. The molecule has 0 aliphatic carbocycles. The summed E-state index contributed by atoms with van der Waals surface area (Å²) in [5.74, 6) is 0. The molecule has 0 bridgehead atoms. The van der Waals surface area contributed by atoms with Crippen molar-refractivity contribution in [1.82, 2.24) is 19.5 Å². The summed E-state index contributed by atoms with van der Waals surface area (Å²) in [4.78, 5) is 32.9. The molecular formula is C10H11BrN4O2. The number of hydrogen-bond acceptors (Lipinski definition) is 3. The zero-order chi connectivity index (χ0) is 12.6. The maximum Gasteiger partial charge on any atom is 0.330 e. The SMILES string of the molecule is CC(C)=CCn1c(=O)[nH]c2nc(Br)[nH]c2c1=O. The molecule has 2 rings (SSSR count). The molecule has 6 nitrogen and oxygen atoms in total. The Balaban J connectivity index is 2.68. The molecule has 0 aliphatic rings. The molecular weight excluding hydrogens is 288 g/mol. The van der Waals surface area contributed by atoms with Crippen molar-refractivity contribution in [2.45, 2.75) is 20.4 Å². The number of rotatable bonds is 2. The smallest absolute Gasteiger partial charge is 0.327 e. The van der Waals surface area contributed by atoms with Gasteiger partial charge in [-0.05, 0) is 29.8 Å². The van der Waals surface area contributed by atoms with Crippen LogP contribution in [-0.2, 0) is 6.54 Å². The second kappa shape index (κ2) is 4.33. The normalized spacial score (nSPS) is 10.8. The topological polar surface area (TPSA) is 83.5 Å². The van der Waals surface area contributed by atoms with E-state index >= 15 is 0 Å². The molecule has 17 heavy (non-hydrogen) atoms. The Labute approximate surface area is 105 Å². The third kappa shape index (κ3) is 2.23. The van der Waals surface area contributed by atoms with Gasteiger partial charge in [-0.1, -0.05) is 11.6 Å². The van der Waals surface area contributed by atoms with E-state index in [1.165, 1.54) is 0 Å². The first-order chi connectivity index (χ1) is 7.99. The Morgan fingerprint density at radius 3 is 2.76 bits per heavy atom. The van der Waals surface area contributed by atoms with Crippen molar-refractivity contribution < 1.29 is 0 Å². The highest BCUT2D eigenvalue weighted by Gasteiger charge is 2.10. The summed E-state index contributed by atoms with van der Waals surface area (Å²) < 4.78 is 1.54. The van der Waals surface area contributed by atoms with E-state index in [1.54, 1.807) is 0 Å². The van der Waals surface area contributed by atoms with Gasteiger partial charge in [0.1, 0.15) is 0 Å². The molecule has 0 saturated carbocycles. The van der Waals surface area contributed by atoms with Crippen molar-refractivity contribution in [3.8, 4) is 0 Å². The van der Waals surface area contributed by atoms with Crippen molar-refractivity contribution in [3.05, 3.63) is 37.2 Å². The van der Waals surface area contributed by atoms with Gasteiger partial charge in [0.2, 0.25) is 0 Å². The van der Waals surface area contributed by atoms with Crippen molar-refractivity contribution in [3.63, 3.8) is 0 Å². The number of halogens is 1. The van der Waals surface area contributed by atoms with Crippen LogP contribution in [0.5, 0.6) is 0 Å². The maximum atomic E-state index is 12.0. The Morgan fingerprint density at radius 1 is 1.41 bits per heavy atom. The summed E-state index contributed by atoms with van der Waals surface area (Å²) in [5.41, 5.74) is 0.764. The van der Waals surface area contributed by atoms with Gasteiger partial charge < -0.3 is 4.98 Å². The molecule has 2 heterocycles. The van der Waals surface area contributed by atoms with Crippen LogP contribution in [0.4, 0.5) is 0 Å². The molecule has 0 amide bonds. The van der Waals surface area contributed by atoms with Crippen LogP contribution in [0.1, 0.15) is 13.8 Å². The predicted molar refractivity (Wildman–Crippen MR) is 68.1 cm³/mol. The number of nitrogens with zero attached hydrogens (tertiary/aromatic N) is 2. The van der Waals surface area contributed by atoms with E-state index in [0.29, 0.717) is 10.3 Å². The van der Waals surface area contributed by atoms with E-state index in [9.17, 15) is 9.59 Å². The lowest BCUT2D eigenvalue weighted by atomic mass is 10.3. The molecule has 7 heteroatoms. The van der Waals surface area contributed by atoms with Crippen LogP contribution in [-0.4, -0.2) is 19.5 Å². The van der Waals surface area contributed by atoms with Gasteiger partial charge in [0.15, 0.2) is 15.9 Å². The fourth-order valence-electron chi connectivity index (χ4n) is 1.43. The van der Waals surface area contributed by atoms with E-state index in [1.807, 2.05) is 19.9 Å². The Bertz CT molecular complexity index is 703. The summed E-state index contributed by atoms with van der Waals surface area (Å²) in [7, 11) is 0. The minimum Gasteiger partial charge on any atom is -0.327 e. The third-order valence-corrected chi connectivity index (χ3v) is 2.66. The van der Waals surface area contributed by atoms with Crippen molar-refractivity contribution in [2.75, 3.05) is 0 Å². The maximum absolute atomic E-state index is 12.0.